The Kier molecular flexibility index (Phi) is 5.53. The van der Waals surface area contributed by atoms with Crippen molar-refractivity contribution >= 4 is 11.0 Å². The third-order valence-electron chi connectivity index (χ3n) is 3.40. The van der Waals surface area contributed by atoms with Crippen LogP contribution in [0.25, 0.3) is 0 Å². The van der Waals surface area contributed by atoms with Gasteiger partial charge in [-0.2, -0.15) is 0 Å². The normalized spacial score (nSPS) is 15.9. The van der Waals surface area contributed by atoms with Crippen LogP contribution in [-0.4, -0.2) is 20.7 Å². The Balaban J connectivity index is 2.93. The molecule has 2 N–H and O–H groups in total. The van der Waals surface area contributed by atoms with Crippen molar-refractivity contribution in [2.24, 2.45) is 0 Å². The molecular weight excluding hydrogens is 270 g/mol. The summed E-state index contributed by atoms with van der Waals surface area (Å²) in [4.78, 5) is 0. The molecule has 20 heavy (non-hydrogen) atoms. The maximum absolute atomic E-state index is 12.1. The van der Waals surface area contributed by atoms with Gasteiger partial charge in [-0.05, 0) is 38.8 Å². The van der Waals surface area contributed by atoms with Crippen LogP contribution < -0.4 is 4.72 Å². The largest absolute Gasteiger partial charge is 0.395 e. The van der Waals surface area contributed by atoms with Crippen molar-refractivity contribution in [3.05, 3.63) is 35.4 Å². The molecule has 0 fully saturated rings. The summed E-state index contributed by atoms with van der Waals surface area (Å²) in [6.45, 7) is 12.0. The molecule has 1 unspecified atom stereocenters. The zero-order valence-corrected chi connectivity index (χ0v) is 14.2. The minimum absolute atomic E-state index is 0.00417. The van der Waals surface area contributed by atoms with Gasteiger partial charge >= 0.3 is 0 Å². The molecule has 0 aromatic heterocycles. The van der Waals surface area contributed by atoms with Crippen molar-refractivity contribution in [1.29, 1.82) is 0 Å². The first-order chi connectivity index (χ1) is 9.08. The highest BCUT2D eigenvalue weighted by molar-refractivity contribution is 7.84. The van der Waals surface area contributed by atoms with E-state index in [0.29, 0.717) is 0 Å². The van der Waals surface area contributed by atoms with Crippen LogP contribution in [0.2, 0.25) is 0 Å². The fourth-order valence-corrected chi connectivity index (χ4v) is 2.54. The molecular formula is C16H27NO2S. The number of rotatable bonds is 5. The average molecular weight is 297 g/mol. The minimum Gasteiger partial charge on any atom is -0.395 e. The Hall–Kier alpha value is -0.710. The first-order valence-corrected chi connectivity index (χ1v) is 8.12. The summed E-state index contributed by atoms with van der Waals surface area (Å²) in [5.74, 6) is 0. The standard InChI is InChI=1S/C16H27NO2S/c1-12(17-20(19)15(2,3)4)13-8-7-9-14(10-13)16(5,6)11-18/h7-10,12,17-18H,11H2,1-6H3/t12?,20-/m1/s1. The first kappa shape index (κ1) is 17.3. The summed E-state index contributed by atoms with van der Waals surface area (Å²) in [7, 11) is -1.10. The Bertz CT molecular complexity index is 478. The topological polar surface area (TPSA) is 49.3 Å². The zero-order valence-electron chi connectivity index (χ0n) is 13.4. The Morgan fingerprint density at radius 1 is 1.25 bits per heavy atom. The molecule has 0 aliphatic rings. The van der Waals surface area contributed by atoms with E-state index in [-0.39, 0.29) is 22.8 Å². The van der Waals surface area contributed by atoms with Crippen molar-refractivity contribution in [2.45, 2.75) is 57.7 Å². The molecule has 0 aliphatic carbocycles. The number of nitrogens with one attached hydrogen (secondary N) is 1. The maximum atomic E-state index is 12.1. The second-order valence-corrected chi connectivity index (χ2v) is 8.89. The zero-order chi connectivity index (χ0) is 15.6. The lowest BCUT2D eigenvalue weighted by Gasteiger charge is -2.25. The smallest absolute Gasteiger partial charge is 0.0975 e. The van der Waals surface area contributed by atoms with Crippen LogP contribution in [0.1, 0.15) is 58.7 Å². The average Bonchev–Trinajstić information content (AvgIpc) is 2.37. The highest BCUT2D eigenvalue weighted by Crippen LogP contribution is 2.26. The molecule has 0 heterocycles. The van der Waals surface area contributed by atoms with Gasteiger partial charge in [0, 0.05) is 11.5 Å². The summed E-state index contributed by atoms with van der Waals surface area (Å²) < 4.78 is 15.0. The maximum Gasteiger partial charge on any atom is 0.0975 e. The van der Waals surface area contributed by atoms with Gasteiger partial charge < -0.3 is 5.11 Å². The Morgan fingerprint density at radius 3 is 2.35 bits per heavy atom. The fourth-order valence-electron chi connectivity index (χ4n) is 1.73. The molecule has 1 aromatic rings. The van der Waals surface area contributed by atoms with Crippen molar-refractivity contribution in [3.8, 4) is 0 Å². The predicted octanol–water partition coefficient (Wildman–Crippen LogP) is 3.07. The van der Waals surface area contributed by atoms with Crippen LogP contribution in [0, 0.1) is 0 Å². The van der Waals surface area contributed by atoms with E-state index >= 15 is 0 Å². The van der Waals surface area contributed by atoms with E-state index in [9.17, 15) is 9.32 Å². The van der Waals surface area contributed by atoms with Gasteiger partial charge in [0.15, 0.2) is 0 Å². The summed E-state index contributed by atoms with van der Waals surface area (Å²) in [5.41, 5.74) is 1.91. The summed E-state index contributed by atoms with van der Waals surface area (Å²) in [5, 5.41) is 9.46. The highest BCUT2D eigenvalue weighted by Gasteiger charge is 2.23. The fraction of sp³-hybridized carbons (Fsp3) is 0.625. The first-order valence-electron chi connectivity index (χ1n) is 6.97. The molecule has 0 radical (unpaired) electrons. The van der Waals surface area contributed by atoms with Crippen molar-refractivity contribution in [2.75, 3.05) is 6.61 Å². The minimum atomic E-state index is -1.10. The quantitative estimate of drug-likeness (QED) is 0.877. The van der Waals surface area contributed by atoms with E-state index in [1.54, 1.807) is 0 Å². The lowest BCUT2D eigenvalue weighted by atomic mass is 9.84. The predicted molar refractivity (Wildman–Crippen MR) is 86.0 cm³/mol. The lowest BCUT2D eigenvalue weighted by Crippen LogP contribution is -2.35. The van der Waals surface area contributed by atoms with E-state index in [0.717, 1.165) is 11.1 Å². The number of benzene rings is 1. The molecule has 4 heteroatoms. The summed E-state index contributed by atoms with van der Waals surface area (Å²) in [6, 6.07) is 8.11. The van der Waals surface area contributed by atoms with Crippen molar-refractivity contribution in [3.63, 3.8) is 0 Å². The summed E-state index contributed by atoms with van der Waals surface area (Å²) in [6.07, 6.45) is 0. The van der Waals surface area contributed by atoms with Crippen LogP contribution >= 0.6 is 0 Å². The lowest BCUT2D eigenvalue weighted by molar-refractivity contribution is 0.218. The molecule has 114 valence electrons. The second-order valence-electron chi connectivity index (χ2n) is 6.89. The number of aliphatic hydroxyl groups excluding tert-OH is 1. The molecule has 0 saturated heterocycles. The van der Waals surface area contributed by atoms with Gasteiger partial charge in [0.1, 0.15) is 0 Å². The van der Waals surface area contributed by atoms with Gasteiger partial charge in [-0.3, -0.25) is 0 Å². The molecule has 0 amide bonds. The summed E-state index contributed by atoms with van der Waals surface area (Å²) >= 11 is 0. The molecule has 1 aromatic carbocycles. The van der Waals surface area contributed by atoms with Crippen LogP contribution in [-0.2, 0) is 16.4 Å². The molecule has 0 spiro atoms. The van der Waals surface area contributed by atoms with Crippen LogP contribution in [0.3, 0.4) is 0 Å². The van der Waals surface area contributed by atoms with Crippen molar-refractivity contribution < 1.29 is 9.32 Å². The van der Waals surface area contributed by atoms with E-state index < -0.39 is 11.0 Å². The number of hydrogen-bond acceptors (Lipinski definition) is 2. The van der Waals surface area contributed by atoms with Gasteiger partial charge in [0.05, 0.1) is 22.3 Å². The SMILES string of the molecule is CC(N[S@](=O)C(C)(C)C)c1cccc(C(C)(C)CO)c1. The number of hydrogen-bond donors (Lipinski definition) is 2. The molecule has 0 bridgehead atoms. The van der Waals surface area contributed by atoms with Crippen LogP contribution in [0.5, 0.6) is 0 Å². The highest BCUT2D eigenvalue weighted by atomic mass is 32.2. The molecule has 2 atom stereocenters. The molecule has 1 rings (SSSR count). The van der Waals surface area contributed by atoms with Gasteiger partial charge in [-0.15, -0.1) is 0 Å². The van der Waals surface area contributed by atoms with Gasteiger partial charge in [-0.1, -0.05) is 38.1 Å². The van der Waals surface area contributed by atoms with E-state index in [1.807, 2.05) is 59.7 Å². The van der Waals surface area contributed by atoms with E-state index in [2.05, 4.69) is 10.8 Å². The van der Waals surface area contributed by atoms with Crippen molar-refractivity contribution in [1.82, 2.24) is 4.72 Å². The second kappa shape index (κ2) is 6.37. The van der Waals surface area contributed by atoms with Gasteiger partial charge in [-0.25, -0.2) is 8.93 Å². The van der Waals surface area contributed by atoms with Crippen LogP contribution in [0.4, 0.5) is 0 Å². The van der Waals surface area contributed by atoms with Gasteiger partial charge in [0.2, 0.25) is 0 Å². The Labute approximate surface area is 125 Å². The molecule has 0 aliphatic heterocycles. The van der Waals surface area contributed by atoms with Crippen LogP contribution in [0.15, 0.2) is 24.3 Å². The van der Waals surface area contributed by atoms with Gasteiger partial charge in [0.25, 0.3) is 0 Å². The Morgan fingerprint density at radius 2 is 1.85 bits per heavy atom. The number of aliphatic hydroxyl groups is 1. The molecule has 0 saturated carbocycles. The molecule has 3 nitrogen and oxygen atoms in total. The van der Waals surface area contributed by atoms with E-state index in [1.165, 1.54) is 0 Å². The third-order valence-corrected chi connectivity index (χ3v) is 5.08. The van der Waals surface area contributed by atoms with E-state index in [4.69, 9.17) is 0 Å². The third kappa shape index (κ3) is 4.40. The monoisotopic (exact) mass is 297 g/mol.